The quantitative estimate of drug-likeness (QED) is 0.297. The normalized spacial score (nSPS) is 11.4. The topological polar surface area (TPSA) is 72.2 Å². The summed E-state index contributed by atoms with van der Waals surface area (Å²) < 4.78 is 3.15. The number of para-hydroxylation sites is 2. The fraction of sp³-hybridized carbons (Fsp3) is 0.0769. The first-order chi connectivity index (χ1) is 16.7. The zero-order chi connectivity index (χ0) is 23.1. The van der Waals surface area contributed by atoms with Crippen LogP contribution in [0.1, 0.15) is 5.56 Å². The lowest BCUT2D eigenvalue weighted by Gasteiger charge is -2.08. The molecule has 34 heavy (non-hydrogen) atoms. The summed E-state index contributed by atoms with van der Waals surface area (Å²) in [5, 5.41) is 14.4. The van der Waals surface area contributed by atoms with E-state index in [9.17, 15) is 4.79 Å². The highest BCUT2D eigenvalue weighted by Crippen LogP contribution is 2.31. The molecule has 6 nitrogen and oxygen atoms in total. The van der Waals surface area contributed by atoms with Crippen LogP contribution in [0, 0.1) is 6.92 Å². The number of anilines is 1. The SMILES string of the molecule is Cc1cc2nnc(SCC(=O)Nc3cccc(-c4nc5ccccc5s4)c3)n2c2ccccc12. The maximum atomic E-state index is 12.7. The lowest BCUT2D eigenvalue weighted by Crippen LogP contribution is -2.14. The van der Waals surface area contributed by atoms with Gasteiger partial charge in [0.25, 0.3) is 0 Å². The number of nitrogens with zero attached hydrogens (tertiary/aromatic N) is 4. The van der Waals surface area contributed by atoms with E-state index >= 15 is 0 Å². The minimum absolute atomic E-state index is 0.0976. The van der Waals surface area contributed by atoms with Crippen LogP contribution < -0.4 is 5.32 Å². The molecule has 0 bridgehead atoms. The number of aromatic nitrogens is 4. The van der Waals surface area contributed by atoms with E-state index in [0.717, 1.165) is 48.6 Å². The molecule has 3 aromatic heterocycles. The summed E-state index contributed by atoms with van der Waals surface area (Å²) in [5.41, 5.74) is 5.68. The molecule has 1 N–H and O–H groups in total. The fourth-order valence-corrected chi connectivity index (χ4v) is 5.73. The zero-order valence-electron chi connectivity index (χ0n) is 18.2. The average molecular weight is 482 g/mol. The van der Waals surface area contributed by atoms with Crippen molar-refractivity contribution in [2.24, 2.45) is 0 Å². The van der Waals surface area contributed by atoms with Crippen LogP contribution in [0.25, 0.3) is 37.3 Å². The molecule has 6 rings (SSSR count). The van der Waals surface area contributed by atoms with Gasteiger partial charge >= 0.3 is 0 Å². The minimum Gasteiger partial charge on any atom is -0.325 e. The Morgan fingerprint density at radius 2 is 1.85 bits per heavy atom. The molecular formula is C26H19N5OS2. The van der Waals surface area contributed by atoms with Gasteiger partial charge in [-0.25, -0.2) is 4.98 Å². The fourth-order valence-electron chi connectivity index (χ4n) is 4.02. The van der Waals surface area contributed by atoms with Gasteiger partial charge in [-0.2, -0.15) is 0 Å². The highest BCUT2D eigenvalue weighted by molar-refractivity contribution is 7.99. The Bertz CT molecular complexity index is 1650. The van der Waals surface area contributed by atoms with Crippen LogP contribution in [0.2, 0.25) is 0 Å². The summed E-state index contributed by atoms with van der Waals surface area (Å²) in [6.07, 6.45) is 0. The zero-order valence-corrected chi connectivity index (χ0v) is 19.9. The Balaban J connectivity index is 1.20. The molecule has 0 spiro atoms. The second-order valence-electron chi connectivity index (χ2n) is 7.93. The number of amides is 1. The smallest absolute Gasteiger partial charge is 0.234 e. The number of thioether (sulfide) groups is 1. The molecule has 0 aliphatic carbocycles. The van der Waals surface area contributed by atoms with E-state index in [-0.39, 0.29) is 11.7 Å². The Hall–Kier alpha value is -3.75. The summed E-state index contributed by atoms with van der Waals surface area (Å²) in [7, 11) is 0. The Morgan fingerprint density at radius 3 is 2.76 bits per heavy atom. The van der Waals surface area contributed by atoms with E-state index in [0.29, 0.717) is 5.16 Å². The van der Waals surface area contributed by atoms with Gasteiger partial charge in [0, 0.05) is 16.6 Å². The number of fused-ring (bicyclic) bond motifs is 4. The number of pyridine rings is 1. The maximum absolute atomic E-state index is 12.7. The lowest BCUT2D eigenvalue weighted by molar-refractivity contribution is -0.113. The first-order valence-corrected chi connectivity index (χ1v) is 12.6. The Kier molecular flexibility index (Phi) is 5.24. The van der Waals surface area contributed by atoms with Crippen LogP contribution in [-0.2, 0) is 4.79 Å². The van der Waals surface area contributed by atoms with E-state index < -0.39 is 0 Å². The number of aryl methyl sites for hydroxylation is 1. The van der Waals surface area contributed by atoms with Gasteiger partial charge in [-0.1, -0.05) is 54.2 Å². The van der Waals surface area contributed by atoms with E-state index in [4.69, 9.17) is 4.98 Å². The summed E-state index contributed by atoms with van der Waals surface area (Å²) in [6, 6.07) is 26.1. The van der Waals surface area contributed by atoms with Crippen molar-refractivity contribution in [3.05, 3.63) is 84.4 Å². The molecule has 0 fully saturated rings. The van der Waals surface area contributed by atoms with Crippen LogP contribution in [0.4, 0.5) is 5.69 Å². The first-order valence-electron chi connectivity index (χ1n) is 10.8. The van der Waals surface area contributed by atoms with Crippen molar-refractivity contribution in [1.29, 1.82) is 0 Å². The molecule has 0 saturated heterocycles. The maximum Gasteiger partial charge on any atom is 0.234 e. The third-order valence-electron chi connectivity index (χ3n) is 5.59. The van der Waals surface area contributed by atoms with Crippen molar-refractivity contribution >= 4 is 61.5 Å². The predicted molar refractivity (Wildman–Crippen MR) is 140 cm³/mol. The van der Waals surface area contributed by atoms with Crippen molar-refractivity contribution in [3.63, 3.8) is 0 Å². The largest absolute Gasteiger partial charge is 0.325 e. The molecule has 0 atom stereocenters. The van der Waals surface area contributed by atoms with Gasteiger partial charge < -0.3 is 5.32 Å². The number of thiazole rings is 1. The Labute approximate surface area is 203 Å². The van der Waals surface area contributed by atoms with E-state index in [1.165, 1.54) is 11.8 Å². The van der Waals surface area contributed by atoms with Crippen LogP contribution in [0.15, 0.2) is 84.0 Å². The second-order valence-corrected chi connectivity index (χ2v) is 9.90. The monoisotopic (exact) mass is 481 g/mol. The van der Waals surface area contributed by atoms with Crippen molar-refractivity contribution in [1.82, 2.24) is 19.6 Å². The highest BCUT2D eigenvalue weighted by Gasteiger charge is 2.14. The van der Waals surface area contributed by atoms with Gasteiger partial charge in [-0.05, 0) is 48.9 Å². The van der Waals surface area contributed by atoms with Gasteiger partial charge in [-0.15, -0.1) is 21.5 Å². The standard InChI is InChI=1S/C26H19N5OS2/c1-16-13-23-29-30-26(31(23)21-11-4-2-9-19(16)21)33-15-24(32)27-18-8-6-7-17(14-18)25-28-20-10-3-5-12-22(20)34-25/h2-14H,15H2,1H3,(H,27,32). The van der Waals surface area contributed by atoms with Crippen LogP contribution in [-0.4, -0.2) is 31.2 Å². The molecular weight excluding hydrogens is 462 g/mol. The van der Waals surface area contributed by atoms with Crippen molar-refractivity contribution < 1.29 is 4.79 Å². The molecule has 0 unspecified atom stereocenters. The third kappa shape index (κ3) is 3.81. The highest BCUT2D eigenvalue weighted by atomic mass is 32.2. The van der Waals surface area contributed by atoms with E-state index in [1.807, 2.05) is 65.1 Å². The van der Waals surface area contributed by atoms with E-state index in [1.54, 1.807) is 11.3 Å². The van der Waals surface area contributed by atoms with Crippen molar-refractivity contribution in [2.45, 2.75) is 12.1 Å². The summed E-state index contributed by atoms with van der Waals surface area (Å²) in [4.78, 5) is 17.5. The molecule has 8 heteroatoms. The molecule has 0 radical (unpaired) electrons. The van der Waals surface area contributed by atoms with Gasteiger partial charge in [-0.3, -0.25) is 9.20 Å². The first kappa shape index (κ1) is 20.8. The molecule has 0 saturated carbocycles. The molecule has 6 aromatic rings. The number of rotatable bonds is 5. The lowest BCUT2D eigenvalue weighted by atomic mass is 10.1. The van der Waals surface area contributed by atoms with Crippen LogP contribution in [0.5, 0.6) is 0 Å². The number of benzene rings is 3. The van der Waals surface area contributed by atoms with Crippen molar-refractivity contribution in [2.75, 3.05) is 11.1 Å². The van der Waals surface area contributed by atoms with Crippen LogP contribution in [0.3, 0.4) is 0 Å². The summed E-state index contributed by atoms with van der Waals surface area (Å²) >= 11 is 3.02. The molecule has 166 valence electrons. The predicted octanol–water partition coefficient (Wildman–Crippen LogP) is 6.20. The molecule has 0 aliphatic rings. The number of hydrogen-bond donors (Lipinski definition) is 1. The van der Waals surface area contributed by atoms with Gasteiger partial charge in [0.05, 0.1) is 21.5 Å². The number of hydrogen-bond acceptors (Lipinski definition) is 6. The Morgan fingerprint density at radius 1 is 1.00 bits per heavy atom. The molecule has 3 heterocycles. The van der Waals surface area contributed by atoms with Gasteiger partial charge in [0.1, 0.15) is 5.01 Å². The summed E-state index contributed by atoms with van der Waals surface area (Å²) in [6.45, 7) is 2.07. The molecule has 0 aliphatic heterocycles. The van der Waals surface area contributed by atoms with E-state index in [2.05, 4.69) is 40.6 Å². The number of carbonyl (C=O) groups is 1. The second kappa shape index (κ2) is 8.55. The summed E-state index contributed by atoms with van der Waals surface area (Å²) in [5.74, 6) is 0.133. The van der Waals surface area contributed by atoms with Crippen LogP contribution >= 0.6 is 23.1 Å². The molecule has 1 amide bonds. The van der Waals surface area contributed by atoms with Crippen molar-refractivity contribution in [3.8, 4) is 10.6 Å². The molecule has 3 aromatic carbocycles. The minimum atomic E-state index is -0.0976. The number of carbonyl (C=O) groups excluding carboxylic acids is 1. The van der Waals surface area contributed by atoms with Gasteiger partial charge in [0.15, 0.2) is 10.8 Å². The average Bonchev–Trinajstić information content (AvgIpc) is 3.47. The third-order valence-corrected chi connectivity index (χ3v) is 7.61. The number of nitrogens with one attached hydrogen (secondary N) is 1. The van der Waals surface area contributed by atoms with Gasteiger partial charge in [0.2, 0.25) is 5.91 Å².